The van der Waals surface area contributed by atoms with E-state index in [0.717, 1.165) is 6.42 Å². The van der Waals surface area contributed by atoms with Crippen LogP contribution in [0.3, 0.4) is 0 Å². The molecule has 0 aliphatic heterocycles. The van der Waals surface area contributed by atoms with E-state index in [0.29, 0.717) is 0 Å². The standard InChI is InChI=1S/C13H19/c1-4-5-6-8-12-9-7-10-13(12)11(2)3/h6H,2,4-5,7,9-10H2,1,3H3/q-1. The molecule has 0 nitrogen and oxygen atoms in total. The van der Waals surface area contributed by atoms with Crippen molar-refractivity contribution in [3.63, 3.8) is 0 Å². The minimum atomic E-state index is 1.15. The number of hydrogen-bond acceptors (Lipinski definition) is 0. The van der Waals surface area contributed by atoms with Crippen LogP contribution in [-0.2, 0) is 0 Å². The molecule has 1 aliphatic carbocycles. The summed E-state index contributed by atoms with van der Waals surface area (Å²) in [5.74, 6) is 1.45. The maximum Gasteiger partial charge on any atom is -0.0404 e. The van der Waals surface area contributed by atoms with E-state index >= 15 is 0 Å². The van der Waals surface area contributed by atoms with Gasteiger partial charge in [-0.15, -0.1) is 17.6 Å². The Labute approximate surface area is 82.0 Å². The molecule has 1 saturated carbocycles. The molecule has 1 fully saturated rings. The predicted octanol–water partition coefficient (Wildman–Crippen LogP) is 4.20. The van der Waals surface area contributed by atoms with Gasteiger partial charge in [0.1, 0.15) is 0 Å². The van der Waals surface area contributed by atoms with Gasteiger partial charge < -0.3 is 0 Å². The molecule has 0 saturated heterocycles. The normalized spacial score (nSPS) is 15.8. The lowest BCUT2D eigenvalue weighted by Crippen LogP contribution is -1.92. The van der Waals surface area contributed by atoms with Gasteiger partial charge in [0.2, 0.25) is 0 Å². The summed E-state index contributed by atoms with van der Waals surface area (Å²) in [5, 5.41) is 0. The Morgan fingerprint density at radius 3 is 3.08 bits per heavy atom. The van der Waals surface area contributed by atoms with Gasteiger partial charge in [-0.05, 0) is 12.8 Å². The monoisotopic (exact) mass is 175 g/mol. The van der Waals surface area contributed by atoms with Crippen molar-refractivity contribution in [1.82, 2.24) is 0 Å². The SMILES string of the molecule is C=C(C)[C-]1CCCC1=C=CCCC. The van der Waals surface area contributed by atoms with Crippen molar-refractivity contribution in [3.8, 4) is 0 Å². The fourth-order valence-electron chi connectivity index (χ4n) is 1.71. The molecule has 0 atom stereocenters. The van der Waals surface area contributed by atoms with Crippen LogP contribution < -0.4 is 0 Å². The van der Waals surface area contributed by atoms with Gasteiger partial charge in [-0.3, -0.25) is 5.73 Å². The molecule has 0 amide bonds. The van der Waals surface area contributed by atoms with Crippen LogP contribution in [-0.4, -0.2) is 0 Å². The molecule has 72 valence electrons. The van der Waals surface area contributed by atoms with Crippen LogP contribution in [0, 0.1) is 5.92 Å². The molecule has 0 heteroatoms. The highest BCUT2D eigenvalue weighted by molar-refractivity contribution is 5.40. The summed E-state index contributed by atoms with van der Waals surface area (Å²) in [6.45, 7) is 8.30. The van der Waals surface area contributed by atoms with Crippen molar-refractivity contribution in [2.45, 2.75) is 46.0 Å². The summed E-state index contributed by atoms with van der Waals surface area (Å²) >= 11 is 0. The number of unbranched alkanes of at least 4 members (excludes halogenated alkanes) is 1. The highest BCUT2D eigenvalue weighted by atomic mass is 14.2. The van der Waals surface area contributed by atoms with Crippen molar-refractivity contribution in [3.05, 3.63) is 35.5 Å². The summed E-state index contributed by atoms with van der Waals surface area (Å²) in [6, 6.07) is 0. The van der Waals surface area contributed by atoms with E-state index in [1.54, 1.807) is 0 Å². The first kappa shape index (κ1) is 10.2. The van der Waals surface area contributed by atoms with Crippen LogP contribution >= 0.6 is 0 Å². The molecule has 0 aromatic carbocycles. The molecule has 0 spiro atoms. The highest BCUT2D eigenvalue weighted by Gasteiger charge is 2.12. The lowest BCUT2D eigenvalue weighted by Gasteiger charge is -2.18. The van der Waals surface area contributed by atoms with Gasteiger partial charge >= 0.3 is 0 Å². The smallest absolute Gasteiger partial charge is 0.0404 e. The fraction of sp³-hybridized carbons (Fsp3) is 0.538. The third-order valence-corrected chi connectivity index (χ3v) is 2.44. The van der Waals surface area contributed by atoms with Gasteiger partial charge in [0, 0.05) is 0 Å². The Morgan fingerprint density at radius 1 is 1.69 bits per heavy atom. The van der Waals surface area contributed by atoms with Crippen LogP contribution in [0.15, 0.2) is 29.5 Å². The van der Waals surface area contributed by atoms with E-state index in [-0.39, 0.29) is 0 Å². The van der Waals surface area contributed by atoms with Crippen LogP contribution in [0.25, 0.3) is 0 Å². The lowest BCUT2D eigenvalue weighted by atomic mass is 9.96. The van der Waals surface area contributed by atoms with Gasteiger partial charge in [0.05, 0.1) is 0 Å². The summed E-state index contributed by atoms with van der Waals surface area (Å²) in [7, 11) is 0. The second-order valence-corrected chi connectivity index (χ2v) is 3.73. The van der Waals surface area contributed by atoms with Crippen LogP contribution in [0.2, 0.25) is 0 Å². The summed E-state index contributed by atoms with van der Waals surface area (Å²) in [4.78, 5) is 0. The molecular formula is C13H19-. The lowest BCUT2D eigenvalue weighted by molar-refractivity contribution is 0.905. The zero-order valence-electron chi connectivity index (χ0n) is 8.82. The number of allylic oxidation sites excluding steroid dienone is 2. The second kappa shape index (κ2) is 4.99. The van der Waals surface area contributed by atoms with E-state index in [2.05, 4.69) is 32.2 Å². The minimum Gasteiger partial charge on any atom is -0.272 e. The molecular weight excluding hydrogens is 156 g/mol. The van der Waals surface area contributed by atoms with Crippen molar-refractivity contribution in [1.29, 1.82) is 0 Å². The predicted molar refractivity (Wildman–Crippen MR) is 58.4 cm³/mol. The average molecular weight is 175 g/mol. The van der Waals surface area contributed by atoms with Crippen molar-refractivity contribution in [2.75, 3.05) is 0 Å². The quantitative estimate of drug-likeness (QED) is 0.445. The molecule has 13 heavy (non-hydrogen) atoms. The first-order chi connectivity index (χ1) is 6.25. The van der Waals surface area contributed by atoms with Gasteiger partial charge in [0.25, 0.3) is 0 Å². The third-order valence-electron chi connectivity index (χ3n) is 2.44. The molecule has 0 heterocycles. The van der Waals surface area contributed by atoms with Crippen molar-refractivity contribution >= 4 is 0 Å². The minimum absolute atomic E-state index is 1.15. The molecule has 0 N–H and O–H groups in total. The van der Waals surface area contributed by atoms with Crippen LogP contribution in [0.4, 0.5) is 0 Å². The molecule has 0 aromatic rings. The van der Waals surface area contributed by atoms with E-state index in [4.69, 9.17) is 0 Å². The van der Waals surface area contributed by atoms with Gasteiger partial charge in [-0.25, -0.2) is 0 Å². The topological polar surface area (TPSA) is 0 Å². The molecule has 0 unspecified atom stereocenters. The summed E-state index contributed by atoms with van der Waals surface area (Å²) < 4.78 is 0. The van der Waals surface area contributed by atoms with Crippen LogP contribution in [0.5, 0.6) is 0 Å². The van der Waals surface area contributed by atoms with E-state index in [9.17, 15) is 0 Å². The summed E-state index contributed by atoms with van der Waals surface area (Å²) in [5.41, 5.74) is 6.04. The van der Waals surface area contributed by atoms with E-state index in [1.807, 2.05) is 0 Å². The first-order valence-electron chi connectivity index (χ1n) is 5.21. The number of hydrogen-bond donors (Lipinski definition) is 0. The summed E-state index contributed by atoms with van der Waals surface area (Å²) in [6.07, 6.45) is 8.21. The molecule has 1 rings (SSSR count). The van der Waals surface area contributed by atoms with E-state index < -0.39 is 0 Å². The fourth-order valence-corrected chi connectivity index (χ4v) is 1.71. The zero-order valence-corrected chi connectivity index (χ0v) is 8.82. The molecule has 0 aromatic heterocycles. The third kappa shape index (κ3) is 2.82. The Hall–Kier alpha value is -0.870. The Balaban J connectivity index is 2.67. The first-order valence-corrected chi connectivity index (χ1v) is 5.21. The zero-order chi connectivity index (χ0) is 9.68. The van der Waals surface area contributed by atoms with Crippen LogP contribution in [0.1, 0.15) is 46.0 Å². The Bertz CT molecular complexity index is 239. The highest BCUT2D eigenvalue weighted by Crippen LogP contribution is 2.36. The molecule has 0 bridgehead atoms. The largest absolute Gasteiger partial charge is 0.272 e. The van der Waals surface area contributed by atoms with Gasteiger partial charge in [-0.2, -0.15) is 12.2 Å². The van der Waals surface area contributed by atoms with Crippen molar-refractivity contribution in [2.24, 2.45) is 0 Å². The molecule has 1 aliphatic rings. The number of rotatable bonds is 3. The Kier molecular flexibility index (Phi) is 3.92. The van der Waals surface area contributed by atoms with E-state index in [1.165, 1.54) is 42.7 Å². The maximum absolute atomic E-state index is 4.00. The second-order valence-electron chi connectivity index (χ2n) is 3.73. The molecule has 0 radical (unpaired) electrons. The Morgan fingerprint density at radius 2 is 2.46 bits per heavy atom. The van der Waals surface area contributed by atoms with Gasteiger partial charge in [-0.1, -0.05) is 33.1 Å². The van der Waals surface area contributed by atoms with Gasteiger partial charge in [0.15, 0.2) is 0 Å². The maximum atomic E-state index is 4.00. The average Bonchev–Trinajstić information content (AvgIpc) is 2.53. The van der Waals surface area contributed by atoms with Crippen molar-refractivity contribution < 1.29 is 0 Å².